The molecule has 0 aliphatic carbocycles. The van der Waals surface area contributed by atoms with Crippen molar-refractivity contribution in [3.63, 3.8) is 0 Å². The summed E-state index contributed by atoms with van der Waals surface area (Å²) < 4.78 is 0.640. The van der Waals surface area contributed by atoms with E-state index in [0.717, 1.165) is 0 Å². The molecule has 18 heavy (non-hydrogen) atoms. The van der Waals surface area contributed by atoms with E-state index >= 15 is 0 Å². The SMILES string of the molecule is O=C(O)c1cncnc1Nc1cccc(Cl)c1Br. The van der Waals surface area contributed by atoms with Crippen molar-refractivity contribution in [3.8, 4) is 0 Å². The predicted octanol–water partition coefficient (Wildman–Crippen LogP) is 3.33. The molecule has 2 N–H and O–H groups in total. The highest BCUT2D eigenvalue weighted by Crippen LogP contribution is 2.32. The van der Waals surface area contributed by atoms with Gasteiger partial charge in [-0.15, -0.1) is 0 Å². The molecule has 0 amide bonds. The lowest BCUT2D eigenvalue weighted by Gasteiger charge is -2.10. The second kappa shape index (κ2) is 5.32. The number of benzene rings is 1. The van der Waals surface area contributed by atoms with Gasteiger partial charge in [0.05, 0.1) is 15.2 Å². The van der Waals surface area contributed by atoms with E-state index in [2.05, 4.69) is 31.2 Å². The van der Waals surface area contributed by atoms with E-state index in [1.807, 2.05) is 0 Å². The van der Waals surface area contributed by atoms with Crippen LogP contribution in [-0.2, 0) is 0 Å². The summed E-state index contributed by atoms with van der Waals surface area (Å²) in [7, 11) is 0. The number of halogens is 2. The van der Waals surface area contributed by atoms with E-state index < -0.39 is 5.97 Å². The van der Waals surface area contributed by atoms with Gasteiger partial charge in [0.25, 0.3) is 0 Å². The second-order valence-electron chi connectivity index (χ2n) is 3.32. The third-order valence-corrected chi connectivity index (χ3v) is 3.54. The van der Waals surface area contributed by atoms with Gasteiger partial charge in [0.1, 0.15) is 17.7 Å². The molecule has 0 spiro atoms. The maximum atomic E-state index is 11.0. The number of carbonyl (C=O) groups is 1. The van der Waals surface area contributed by atoms with Crippen LogP contribution in [0.2, 0.25) is 5.02 Å². The van der Waals surface area contributed by atoms with Crippen LogP contribution >= 0.6 is 27.5 Å². The number of carboxylic acids is 1. The Morgan fingerprint density at radius 3 is 2.94 bits per heavy atom. The summed E-state index contributed by atoms with van der Waals surface area (Å²) in [6, 6.07) is 5.22. The molecule has 1 aromatic heterocycles. The van der Waals surface area contributed by atoms with Crippen molar-refractivity contribution >= 4 is 45.0 Å². The fraction of sp³-hybridized carbons (Fsp3) is 0. The average molecular weight is 329 g/mol. The number of nitrogens with one attached hydrogen (secondary N) is 1. The van der Waals surface area contributed by atoms with Crippen molar-refractivity contribution in [2.75, 3.05) is 5.32 Å². The lowest BCUT2D eigenvalue weighted by atomic mass is 10.2. The fourth-order valence-electron chi connectivity index (χ4n) is 1.31. The Bertz CT molecular complexity index is 607. The van der Waals surface area contributed by atoms with Gasteiger partial charge in [0.2, 0.25) is 0 Å². The van der Waals surface area contributed by atoms with Crippen LogP contribution in [0.25, 0.3) is 0 Å². The standard InChI is InChI=1S/C11H7BrClN3O2/c12-9-7(13)2-1-3-8(9)16-10-6(11(17)18)4-14-5-15-10/h1-5H,(H,17,18)(H,14,15,16). The predicted molar refractivity (Wildman–Crippen MR) is 71.4 cm³/mol. The lowest BCUT2D eigenvalue weighted by molar-refractivity contribution is 0.0697. The van der Waals surface area contributed by atoms with Crippen molar-refractivity contribution in [1.29, 1.82) is 0 Å². The molecule has 1 aromatic carbocycles. The number of carboxylic acid groups (broad SMARTS) is 1. The smallest absolute Gasteiger partial charge is 0.341 e. The summed E-state index contributed by atoms with van der Waals surface area (Å²) in [5.41, 5.74) is 0.619. The highest BCUT2D eigenvalue weighted by atomic mass is 79.9. The molecule has 0 atom stereocenters. The number of aromatic nitrogens is 2. The lowest BCUT2D eigenvalue weighted by Crippen LogP contribution is -2.05. The summed E-state index contributed by atoms with van der Waals surface area (Å²) >= 11 is 9.26. The summed E-state index contributed by atoms with van der Waals surface area (Å²) in [5, 5.41) is 12.4. The number of nitrogens with zero attached hydrogens (tertiary/aromatic N) is 2. The molecular weight excluding hydrogens is 321 g/mol. The Hall–Kier alpha value is -1.66. The highest BCUT2D eigenvalue weighted by Gasteiger charge is 2.13. The first-order chi connectivity index (χ1) is 8.59. The molecule has 0 bridgehead atoms. The Kier molecular flexibility index (Phi) is 3.78. The van der Waals surface area contributed by atoms with Crippen LogP contribution in [0.1, 0.15) is 10.4 Å². The Morgan fingerprint density at radius 2 is 2.22 bits per heavy atom. The van der Waals surface area contributed by atoms with Crippen LogP contribution < -0.4 is 5.32 Å². The molecule has 0 saturated carbocycles. The number of anilines is 2. The minimum Gasteiger partial charge on any atom is -0.477 e. The highest BCUT2D eigenvalue weighted by molar-refractivity contribution is 9.10. The largest absolute Gasteiger partial charge is 0.477 e. The van der Waals surface area contributed by atoms with Crippen molar-refractivity contribution in [1.82, 2.24) is 9.97 Å². The molecule has 7 heteroatoms. The zero-order valence-corrected chi connectivity index (χ0v) is 11.2. The van der Waals surface area contributed by atoms with Crippen molar-refractivity contribution in [2.24, 2.45) is 0 Å². The summed E-state index contributed by atoms with van der Waals surface area (Å²) in [4.78, 5) is 18.6. The maximum absolute atomic E-state index is 11.0. The zero-order valence-electron chi connectivity index (χ0n) is 8.89. The third kappa shape index (κ3) is 2.60. The first-order valence-corrected chi connectivity index (χ1v) is 6.01. The van der Waals surface area contributed by atoms with Crippen molar-refractivity contribution < 1.29 is 9.90 Å². The van der Waals surface area contributed by atoms with E-state index in [1.165, 1.54) is 12.5 Å². The van der Waals surface area contributed by atoms with E-state index in [0.29, 0.717) is 15.2 Å². The van der Waals surface area contributed by atoms with Crippen molar-refractivity contribution in [2.45, 2.75) is 0 Å². The molecule has 92 valence electrons. The Morgan fingerprint density at radius 1 is 1.44 bits per heavy atom. The number of hydrogen-bond donors (Lipinski definition) is 2. The molecule has 2 rings (SSSR count). The zero-order chi connectivity index (χ0) is 13.1. The summed E-state index contributed by atoms with van der Waals surface area (Å²) in [6.07, 6.45) is 2.50. The van der Waals surface area contributed by atoms with Gasteiger partial charge < -0.3 is 10.4 Å². The van der Waals surface area contributed by atoms with Crippen LogP contribution in [-0.4, -0.2) is 21.0 Å². The van der Waals surface area contributed by atoms with E-state index in [1.54, 1.807) is 18.2 Å². The second-order valence-corrected chi connectivity index (χ2v) is 4.52. The first-order valence-electron chi connectivity index (χ1n) is 4.84. The minimum absolute atomic E-state index is 0.00984. The quantitative estimate of drug-likeness (QED) is 0.904. The maximum Gasteiger partial charge on any atom is 0.341 e. The van der Waals surface area contributed by atoms with Crippen molar-refractivity contribution in [3.05, 3.63) is 45.8 Å². The van der Waals surface area contributed by atoms with Gasteiger partial charge in [-0.1, -0.05) is 17.7 Å². The topological polar surface area (TPSA) is 75.1 Å². The molecule has 0 aliphatic rings. The Balaban J connectivity index is 2.40. The normalized spacial score (nSPS) is 10.1. The first kappa shape index (κ1) is 12.8. The fourth-order valence-corrected chi connectivity index (χ4v) is 1.85. The third-order valence-electron chi connectivity index (χ3n) is 2.15. The summed E-state index contributed by atoms with van der Waals surface area (Å²) in [6.45, 7) is 0. The molecule has 1 heterocycles. The molecule has 0 aliphatic heterocycles. The van der Waals surface area contributed by atoms with Crippen LogP contribution in [0.4, 0.5) is 11.5 Å². The van der Waals surface area contributed by atoms with E-state index in [-0.39, 0.29) is 11.4 Å². The van der Waals surface area contributed by atoms with Gasteiger partial charge >= 0.3 is 5.97 Å². The monoisotopic (exact) mass is 327 g/mol. The molecule has 2 aromatic rings. The van der Waals surface area contributed by atoms with Gasteiger partial charge in [0, 0.05) is 6.20 Å². The van der Waals surface area contributed by atoms with Crippen LogP contribution in [0.5, 0.6) is 0 Å². The summed E-state index contributed by atoms with van der Waals surface area (Å²) in [5.74, 6) is -0.892. The van der Waals surface area contributed by atoms with Gasteiger partial charge in [-0.3, -0.25) is 0 Å². The number of hydrogen-bond acceptors (Lipinski definition) is 4. The van der Waals surface area contributed by atoms with Gasteiger partial charge in [0.15, 0.2) is 0 Å². The van der Waals surface area contributed by atoms with E-state index in [4.69, 9.17) is 16.7 Å². The van der Waals surface area contributed by atoms with Crippen LogP contribution in [0.3, 0.4) is 0 Å². The van der Waals surface area contributed by atoms with Crippen LogP contribution in [0.15, 0.2) is 35.2 Å². The Labute approximate surface area is 116 Å². The molecule has 0 radical (unpaired) electrons. The number of rotatable bonds is 3. The van der Waals surface area contributed by atoms with E-state index in [9.17, 15) is 4.79 Å². The number of aromatic carboxylic acids is 1. The molecule has 0 unspecified atom stereocenters. The van der Waals surface area contributed by atoms with Crippen LogP contribution in [0, 0.1) is 0 Å². The average Bonchev–Trinajstić information content (AvgIpc) is 2.35. The minimum atomic E-state index is -1.10. The van der Waals surface area contributed by atoms with Gasteiger partial charge in [-0.05, 0) is 28.1 Å². The molecule has 0 saturated heterocycles. The molecular formula is C11H7BrClN3O2. The van der Waals surface area contributed by atoms with Gasteiger partial charge in [-0.2, -0.15) is 0 Å². The molecule has 5 nitrogen and oxygen atoms in total. The van der Waals surface area contributed by atoms with Gasteiger partial charge in [-0.25, -0.2) is 14.8 Å². The molecule has 0 fully saturated rings.